The van der Waals surface area contributed by atoms with Crippen molar-refractivity contribution in [1.29, 1.82) is 0 Å². The smallest absolute Gasteiger partial charge is 0.256 e. The van der Waals surface area contributed by atoms with Gasteiger partial charge in [0, 0.05) is 27.6 Å². The third-order valence-corrected chi connectivity index (χ3v) is 4.23. The highest BCUT2D eigenvalue weighted by molar-refractivity contribution is 7.84. The Morgan fingerprint density at radius 2 is 1.83 bits per heavy atom. The molecule has 1 aromatic carbocycles. The standard InChI is InChI=1S/C13H17NO3S/c1-18(17)11-6-4-10(5-7-11)14-12(15)13(16)8-2-3-9-13/h4-7,16H,2-3,8-9H2,1H3,(H,14,15). The summed E-state index contributed by atoms with van der Waals surface area (Å²) in [5, 5.41) is 12.8. The first-order valence-electron chi connectivity index (χ1n) is 5.99. The Labute approximate surface area is 109 Å². The molecule has 1 unspecified atom stereocenters. The van der Waals surface area contributed by atoms with Crippen molar-refractivity contribution in [3.8, 4) is 0 Å². The summed E-state index contributed by atoms with van der Waals surface area (Å²) in [6.45, 7) is 0. The van der Waals surface area contributed by atoms with E-state index in [4.69, 9.17) is 0 Å². The highest BCUT2D eigenvalue weighted by atomic mass is 32.2. The minimum atomic E-state index is -1.22. The zero-order chi connectivity index (χ0) is 13.2. The lowest BCUT2D eigenvalue weighted by Crippen LogP contribution is -2.40. The number of nitrogens with one attached hydrogen (secondary N) is 1. The average Bonchev–Trinajstić information content (AvgIpc) is 2.78. The molecule has 0 saturated heterocycles. The Morgan fingerprint density at radius 1 is 1.28 bits per heavy atom. The Kier molecular flexibility index (Phi) is 3.82. The molecule has 98 valence electrons. The van der Waals surface area contributed by atoms with Crippen LogP contribution >= 0.6 is 0 Å². The van der Waals surface area contributed by atoms with E-state index in [-0.39, 0.29) is 5.91 Å². The molecule has 18 heavy (non-hydrogen) atoms. The molecule has 5 heteroatoms. The summed E-state index contributed by atoms with van der Waals surface area (Å²) >= 11 is 0. The number of carbonyl (C=O) groups is 1. The summed E-state index contributed by atoms with van der Waals surface area (Å²) in [5.41, 5.74) is -0.596. The molecule has 0 aromatic heterocycles. The van der Waals surface area contributed by atoms with Crippen LogP contribution in [0, 0.1) is 0 Å². The third kappa shape index (κ3) is 2.79. The fourth-order valence-corrected chi connectivity index (χ4v) is 2.68. The van der Waals surface area contributed by atoms with Crippen LogP contribution < -0.4 is 5.32 Å². The minimum Gasteiger partial charge on any atom is -0.380 e. The van der Waals surface area contributed by atoms with E-state index in [0.717, 1.165) is 12.8 Å². The van der Waals surface area contributed by atoms with Crippen LogP contribution in [-0.4, -0.2) is 27.1 Å². The van der Waals surface area contributed by atoms with E-state index >= 15 is 0 Å². The van der Waals surface area contributed by atoms with Gasteiger partial charge < -0.3 is 10.4 Å². The molecule has 0 spiro atoms. The first-order chi connectivity index (χ1) is 8.51. The zero-order valence-corrected chi connectivity index (χ0v) is 11.1. The second-order valence-corrected chi connectivity index (χ2v) is 6.05. The van der Waals surface area contributed by atoms with Crippen molar-refractivity contribution in [2.75, 3.05) is 11.6 Å². The molecule has 0 aliphatic heterocycles. The van der Waals surface area contributed by atoms with Crippen molar-refractivity contribution in [3.63, 3.8) is 0 Å². The van der Waals surface area contributed by atoms with Crippen LogP contribution in [0.15, 0.2) is 29.2 Å². The lowest BCUT2D eigenvalue weighted by molar-refractivity contribution is -0.133. The normalized spacial score (nSPS) is 19.4. The number of hydrogen-bond donors (Lipinski definition) is 2. The average molecular weight is 267 g/mol. The molecule has 0 bridgehead atoms. The summed E-state index contributed by atoms with van der Waals surface area (Å²) < 4.78 is 11.2. The van der Waals surface area contributed by atoms with Crippen molar-refractivity contribution < 1.29 is 14.1 Å². The van der Waals surface area contributed by atoms with Crippen LogP contribution in [0.2, 0.25) is 0 Å². The molecule has 1 aromatic rings. The first-order valence-corrected chi connectivity index (χ1v) is 7.54. The maximum Gasteiger partial charge on any atom is 0.256 e. The van der Waals surface area contributed by atoms with Gasteiger partial charge in [0.15, 0.2) is 0 Å². The Morgan fingerprint density at radius 3 is 2.33 bits per heavy atom. The van der Waals surface area contributed by atoms with Crippen molar-refractivity contribution in [2.45, 2.75) is 36.2 Å². The minimum absolute atomic E-state index is 0.342. The summed E-state index contributed by atoms with van der Waals surface area (Å²) in [4.78, 5) is 12.6. The van der Waals surface area contributed by atoms with Gasteiger partial charge >= 0.3 is 0 Å². The number of anilines is 1. The molecule has 1 atom stereocenters. The van der Waals surface area contributed by atoms with Gasteiger partial charge in [-0.25, -0.2) is 0 Å². The number of benzene rings is 1. The van der Waals surface area contributed by atoms with Gasteiger partial charge in [-0.05, 0) is 49.9 Å². The van der Waals surface area contributed by atoms with Gasteiger partial charge in [-0.1, -0.05) is 0 Å². The van der Waals surface area contributed by atoms with Crippen molar-refractivity contribution >= 4 is 22.4 Å². The van der Waals surface area contributed by atoms with E-state index in [1.165, 1.54) is 0 Å². The molecule has 1 amide bonds. The fraction of sp³-hybridized carbons (Fsp3) is 0.462. The predicted molar refractivity (Wildman–Crippen MR) is 70.8 cm³/mol. The predicted octanol–water partition coefficient (Wildman–Crippen LogP) is 1.67. The maximum atomic E-state index is 11.9. The Balaban J connectivity index is 2.05. The second-order valence-electron chi connectivity index (χ2n) is 4.67. The van der Waals surface area contributed by atoms with E-state index in [2.05, 4.69) is 5.32 Å². The second kappa shape index (κ2) is 5.20. The van der Waals surface area contributed by atoms with Gasteiger partial charge in [0.1, 0.15) is 5.60 Å². The monoisotopic (exact) mass is 267 g/mol. The number of hydrogen-bond acceptors (Lipinski definition) is 3. The van der Waals surface area contributed by atoms with E-state index in [1.807, 2.05) is 0 Å². The van der Waals surface area contributed by atoms with Gasteiger partial charge in [0.2, 0.25) is 0 Å². The molecule has 4 nitrogen and oxygen atoms in total. The number of rotatable bonds is 3. The highest BCUT2D eigenvalue weighted by Crippen LogP contribution is 2.30. The molecule has 1 fully saturated rings. The van der Waals surface area contributed by atoms with E-state index < -0.39 is 16.4 Å². The van der Waals surface area contributed by atoms with Crippen LogP contribution in [0.5, 0.6) is 0 Å². The third-order valence-electron chi connectivity index (χ3n) is 3.30. The SMILES string of the molecule is CS(=O)c1ccc(NC(=O)C2(O)CCCC2)cc1. The summed E-state index contributed by atoms with van der Waals surface area (Å²) in [6, 6.07) is 6.83. The molecule has 1 aliphatic carbocycles. The largest absolute Gasteiger partial charge is 0.380 e. The van der Waals surface area contributed by atoms with Gasteiger partial charge in [-0.15, -0.1) is 0 Å². The van der Waals surface area contributed by atoms with Crippen molar-refractivity contribution in [2.24, 2.45) is 0 Å². The number of amides is 1. The lowest BCUT2D eigenvalue weighted by atomic mass is 10.0. The summed E-state index contributed by atoms with van der Waals surface area (Å²) in [5.74, 6) is -0.342. The van der Waals surface area contributed by atoms with Crippen molar-refractivity contribution in [3.05, 3.63) is 24.3 Å². The van der Waals surface area contributed by atoms with Gasteiger partial charge in [0.05, 0.1) is 0 Å². The topological polar surface area (TPSA) is 66.4 Å². The first kappa shape index (κ1) is 13.2. The zero-order valence-electron chi connectivity index (χ0n) is 10.3. The number of aliphatic hydroxyl groups is 1. The summed E-state index contributed by atoms with van der Waals surface area (Å²) in [6.07, 6.45) is 4.43. The van der Waals surface area contributed by atoms with E-state index in [9.17, 15) is 14.1 Å². The van der Waals surface area contributed by atoms with E-state index in [0.29, 0.717) is 23.4 Å². The van der Waals surface area contributed by atoms with E-state index in [1.54, 1.807) is 30.5 Å². The van der Waals surface area contributed by atoms with Crippen LogP contribution in [0.1, 0.15) is 25.7 Å². The van der Waals surface area contributed by atoms with Crippen LogP contribution in [0.25, 0.3) is 0 Å². The molecule has 0 radical (unpaired) electrons. The van der Waals surface area contributed by atoms with Crippen LogP contribution in [0.3, 0.4) is 0 Å². The fourth-order valence-electron chi connectivity index (χ4n) is 2.16. The summed E-state index contributed by atoms with van der Waals surface area (Å²) in [7, 11) is -1.02. The highest BCUT2D eigenvalue weighted by Gasteiger charge is 2.38. The molecular weight excluding hydrogens is 250 g/mol. The number of carbonyl (C=O) groups excluding carboxylic acids is 1. The maximum absolute atomic E-state index is 11.9. The molecule has 1 saturated carbocycles. The van der Waals surface area contributed by atoms with Crippen molar-refractivity contribution in [1.82, 2.24) is 0 Å². The van der Waals surface area contributed by atoms with Crippen LogP contribution in [0.4, 0.5) is 5.69 Å². The molecule has 1 aliphatic rings. The quantitative estimate of drug-likeness (QED) is 0.875. The molecule has 2 rings (SSSR count). The lowest BCUT2D eigenvalue weighted by Gasteiger charge is -2.20. The van der Waals surface area contributed by atoms with Gasteiger partial charge in [0.25, 0.3) is 5.91 Å². The van der Waals surface area contributed by atoms with Gasteiger partial charge in [-0.3, -0.25) is 9.00 Å². The van der Waals surface area contributed by atoms with Gasteiger partial charge in [-0.2, -0.15) is 0 Å². The molecule has 0 heterocycles. The van der Waals surface area contributed by atoms with Crippen LogP contribution in [-0.2, 0) is 15.6 Å². The Hall–Kier alpha value is -1.20. The Bertz CT molecular complexity index is 464. The molecular formula is C13H17NO3S. The molecule has 2 N–H and O–H groups in total.